The van der Waals surface area contributed by atoms with Gasteiger partial charge in [-0.2, -0.15) is 0 Å². The molecule has 0 aromatic rings. The maximum absolute atomic E-state index is 10.7. The SMILES string of the molecule is CCCCC1=C[C+](C)C=C1.F[P-](F)(F)(F)(F)F. The molecule has 0 aliphatic heterocycles. The van der Waals surface area contributed by atoms with Crippen LogP contribution in [0.5, 0.6) is 0 Å². The molecule has 7 heteroatoms. The Morgan fingerprint density at radius 3 is 1.88 bits per heavy atom. The summed E-state index contributed by atoms with van der Waals surface area (Å²) in [7, 11) is -10.7. The van der Waals surface area contributed by atoms with Gasteiger partial charge < -0.3 is 0 Å². The Bertz CT molecular complexity index is 298. The van der Waals surface area contributed by atoms with Crippen LogP contribution in [-0.4, -0.2) is 0 Å². The van der Waals surface area contributed by atoms with Crippen LogP contribution in [0.1, 0.15) is 33.1 Å². The van der Waals surface area contributed by atoms with Crippen LogP contribution in [0.25, 0.3) is 0 Å². The van der Waals surface area contributed by atoms with Crippen LogP contribution in [0.2, 0.25) is 0 Å². The normalized spacial score (nSPS) is 19.1. The zero-order valence-corrected chi connectivity index (χ0v) is 10.5. The van der Waals surface area contributed by atoms with Gasteiger partial charge in [0.25, 0.3) is 0 Å². The van der Waals surface area contributed by atoms with Crippen LogP contribution in [-0.2, 0) is 0 Å². The molecule has 0 saturated carbocycles. The van der Waals surface area contributed by atoms with Gasteiger partial charge in [0, 0.05) is 13.3 Å². The summed E-state index contributed by atoms with van der Waals surface area (Å²) in [5.74, 6) is 1.39. The molecule has 0 bridgehead atoms. The second-order valence-corrected chi connectivity index (χ2v) is 5.78. The fraction of sp³-hybridized carbons (Fsp3) is 0.500. The second-order valence-electron chi connectivity index (χ2n) is 3.86. The molecule has 0 amide bonds. The number of rotatable bonds is 3. The summed E-state index contributed by atoms with van der Waals surface area (Å²) in [6.45, 7) is 4.38. The fourth-order valence-corrected chi connectivity index (χ4v) is 1.16. The fourth-order valence-electron chi connectivity index (χ4n) is 1.16. The van der Waals surface area contributed by atoms with E-state index in [1.54, 1.807) is 0 Å². The Balaban J connectivity index is 0.000000325. The van der Waals surface area contributed by atoms with Gasteiger partial charge in [0.2, 0.25) is 0 Å². The Morgan fingerprint density at radius 2 is 1.59 bits per heavy atom. The molecule has 1 aliphatic carbocycles. The summed E-state index contributed by atoms with van der Waals surface area (Å²) in [6, 6.07) is 0. The minimum atomic E-state index is -10.7. The van der Waals surface area contributed by atoms with Crippen molar-refractivity contribution in [1.82, 2.24) is 0 Å². The predicted molar refractivity (Wildman–Crippen MR) is 59.2 cm³/mol. The first-order chi connectivity index (χ1) is 7.28. The average molecular weight is 280 g/mol. The molecule has 102 valence electrons. The molecule has 1 aliphatic rings. The van der Waals surface area contributed by atoms with Gasteiger partial charge in [-0.3, -0.25) is 0 Å². The van der Waals surface area contributed by atoms with Crippen LogP contribution in [0, 0.1) is 5.92 Å². The molecular weight excluding hydrogens is 265 g/mol. The molecule has 17 heavy (non-hydrogen) atoms. The summed E-state index contributed by atoms with van der Waals surface area (Å²) in [5, 5.41) is 0. The van der Waals surface area contributed by atoms with Gasteiger partial charge in [-0.25, -0.2) is 0 Å². The quantitative estimate of drug-likeness (QED) is 0.308. The molecule has 0 atom stereocenters. The van der Waals surface area contributed by atoms with Gasteiger partial charge >= 0.3 is 33.0 Å². The van der Waals surface area contributed by atoms with Crippen molar-refractivity contribution in [2.24, 2.45) is 0 Å². The van der Waals surface area contributed by atoms with E-state index in [1.165, 1.54) is 30.8 Å². The molecule has 0 radical (unpaired) electrons. The third kappa shape index (κ3) is 17.9. The van der Waals surface area contributed by atoms with Gasteiger partial charge in [-0.05, 0) is 6.42 Å². The van der Waals surface area contributed by atoms with Crippen molar-refractivity contribution in [1.29, 1.82) is 0 Å². The van der Waals surface area contributed by atoms with Crippen molar-refractivity contribution in [3.05, 3.63) is 29.7 Å². The van der Waals surface area contributed by atoms with Gasteiger partial charge in [0.15, 0.2) is 0 Å². The van der Waals surface area contributed by atoms with E-state index in [0.29, 0.717) is 0 Å². The molecule has 0 aromatic heterocycles. The Morgan fingerprint density at radius 1 is 1.12 bits per heavy atom. The Hall–Kier alpha value is -0.640. The molecular formula is C10H15F6P. The first kappa shape index (κ1) is 16.4. The van der Waals surface area contributed by atoms with Gasteiger partial charge in [-0.1, -0.05) is 13.3 Å². The Kier molecular flexibility index (Phi) is 4.39. The van der Waals surface area contributed by atoms with Crippen LogP contribution in [0.3, 0.4) is 0 Å². The number of halogens is 6. The van der Waals surface area contributed by atoms with Crippen LogP contribution >= 0.6 is 7.81 Å². The van der Waals surface area contributed by atoms with Gasteiger partial charge in [-0.15, -0.1) is 0 Å². The van der Waals surface area contributed by atoms with Crippen molar-refractivity contribution >= 4 is 7.81 Å². The third-order valence-electron chi connectivity index (χ3n) is 1.79. The molecule has 0 spiro atoms. The molecule has 1 rings (SSSR count). The number of hydrogen-bond acceptors (Lipinski definition) is 0. The number of allylic oxidation sites excluding steroid dienone is 4. The van der Waals surface area contributed by atoms with Crippen molar-refractivity contribution in [3.63, 3.8) is 0 Å². The van der Waals surface area contributed by atoms with E-state index in [9.17, 15) is 25.2 Å². The van der Waals surface area contributed by atoms with Crippen molar-refractivity contribution in [2.75, 3.05) is 0 Å². The molecule has 0 nitrogen and oxygen atoms in total. The molecule has 0 saturated heterocycles. The van der Waals surface area contributed by atoms with E-state index in [-0.39, 0.29) is 0 Å². The molecule has 0 aromatic carbocycles. The van der Waals surface area contributed by atoms with E-state index in [0.717, 1.165) is 0 Å². The minimum absolute atomic E-state index is 1.25. The van der Waals surface area contributed by atoms with Crippen molar-refractivity contribution in [2.45, 2.75) is 33.1 Å². The van der Waals surface area contributed by atoms with Gasteiger partial charge in [0.05, 0.1) is 29.7 Å². The summed E-state index contributed by atoms with van der Waals surface area (Å²) < 4.78 is 59.2. The monoisotopic (exact) mass is 280 g/mol. The standard InChI is InChI=1S/C10H15.F6P/c1-3-4-5-10-7-6-9(2)8-10;1-7(2,3,4,5)6/h6-8H,3-5H2,1-2H3;/q+1;-1. The maximum atomic E-state index is 9.87. The van der Waals surface area contributed by atoms with E-state index < -0.39 is 7.81 Å². The molecule has 0 unspecified atom stereocenters. The summed E-state index contributed by atoms with van der Waals surface area (Å²) in [6.07, 6.45) is 10.6. The van der Waals surface area contributed by atoms with E-state index >= 15 is 0 Å². The first-order valence-electron chi connectivity index (χ1n) is 5.06. The average Bonchev–Trinajstić information content (AvgIpc) is 2.42. The number of unbranched alkanes of at least 4 members (excludes halogenated alkanes) is 1. The van der Waals surface area contributed by atoms with E-state index in [2.05, 4.69) is 32.1 Å². The topological polar surface area (TPSA) is 0 Å². The molecule has 0 N–H and O–H groups in total. The zero-order chi connectivity index (χ0) is 13.8. The van der Waals surface area contributed by atoms with Crippen molar-refractivity contribution in [3.8, 4) is 0 Å². The summed E-state index contributed by atoms with van der Waals surface area (Å²) >= 11 is 0. The van der Waals surface area contributed by atoms with E-state index in [4.69, 9.17) is 0 Å². The number of hydrogen-bond donors (Lipinski definition) is 0. The first-order valence-corrected chi connectivity index (χ1v) is 7.09. The summed E-state index contributed by atoms with van der Waals surface area (Å²) in [5.41, 5.74) is 1.50. The van der Waals surface area contributed by atoms with Gasteiger partial charge in [0.1, 0.15) is 0 Å². The zero-order valence-electron chi connectivity index (χ0n) is 9.57. The Labute approximate surface area is 96.6 Å². The molecule has 0 fully saturated rings. The van der Waals surface area contributed by atoms with Crippen LogP contribution in [0.4, 0.5) is 25.2 Å². The van der Waals surface area contributed by atoms with Crippen LogP contribution in [0.15, 0.2) is 23.8 Å². The second kappa shape index (κ2) is 4.56. The predicted octanol–water partition coefficient (Wildman–Crippen LogP) is 6.65. The van der Waals surface area contributed by atoms with E-state index in [1.807, 2.05) is 0 Å². The van der Waals surface area contributed by atoms with Crippen LogP contribution < -0.4 is 0 Å². The third-order valence-corrected chi connectivity index (χ3v) is 1.79. The summed E-state index contributed by atoms with van der Waals surface area (Å²) in [4.78, 5) is 0. The molecule has 0 heterocycles. The van der Waals surface area contributed by atoms with Crippen molar-refractivity contribution < 1.29 is 25.2 Å².